The molecule has 9 nitrogen and oxygen atoms in total. The summed E-state index contributed by atoms with van der Waals surface area (Å²) in [5, 5.41) is 6.80. The van der Waals surface area contributed by atoms with Crippen LogP contribution in [0.5, 0.6) is 0 Å². The van der Waals surface area contributed by atoms with Crippen LogP contribution >= 0.6 is 0 Å². The Bertz CT molecular complexity index is 1710. The Hall–Kier alpha value is -4.73. The molecule has 9 heteroatoms. The molecule has 3 aromatic carbocycles. The molecular weight excluding hydrogens is 542 g/mol. The number of carbonyl (C=O) groups is 4. The minimum atomic E-state index is -0.962. The molecule has 4 amide bonds. The third-order valence-corrected chi connectivity index (χ3v) is 8.12. The maximum Gasteiger partial charge on any atom is 0.262 e. The van der Waals surface area contributed by atoms with E-state index in [9.17, 15) is 19.2 Å². The number of likely N-dealkylation sites (N-methyl/N-ethyl adjacent to an activating group) is 1. The predicted octanol–water partition coefficient (Wildman–Crippen LogP) is 3.60. The average Bonchev–Trinajstić information content (AvgIpc) is 3.25. The van der Waals surface area contributed by atoms with E-state index in [0.29, 0.717) is 18.7 Å². The van der Waals surface area contributed by atoms with Crippen LogP contribution in [0.3, 0.4) is 0 Å². The molecule has 1 fully saturated rings. The highest BCUT2D eigenvalue weighted by Crippen LogP contribution is 2.28. The number of aromatic nitrogens is 1. The Morgan fingerprint density at radius 2 is 1.60 bits per heavy atom. The van der Waals surface area contributed by atoms with Gasteiger partial charge in [-0.25, -0.2) is 0 Å². The highest BCUT2D eigenvalue weighted by atomic mass is 16.2. The maximum atomic E-state index is 13.1. The SMILES string of the molecule is CN(CCc1cccc2cccnc12)Cc1ccc(CNCc2ccc3c(c2)C(=O)N(C2CCC(=O)NC2=O)C3=O)cc1. The molecule has 0 aliphatic carbocycles. The molecule has 0 radical (unpaired) electrons. The fourth-order valence-electron chi connectivity index (χ4n) is 5.81. The third kappa shape index (κ3) is 6.09. The number of piperidine rings is 1. The second-order valence-corrected chi connectivity index (χ2v) is 11.2. The summed E-state index contributed by atoms with van der Waals surface area (Å²) in [6.45, 7) is 2.94. The third-order valence-electron chi connectivity index (χ3n) is 8.12. The Balaban J connectivity index is 0.994. The summed E-state index contributed by atoms with van der Waals surface area (Å²) in [6, 6.07) is 23.1. The fraction of sp³-hybridized carbons (Fsp3) is 0.265. The zero-order chi connectivity index (χ0) is 29.9. The minimum absolute atomic E-state index is 0.0977. The molecule has 43 heavy (non-hydrogen) atoms. The monoisotopic (exact) mass is 575 g/mol. The Kier molecular flexibility index (Phi) is 8.09. The van der Waals surface area contributed by atoms with Crippen LogP contribution in [-0.4, -0.2) is 58.0 Å². The number of nitrogens with zero attached hydrogens (tertiary/aromatic N) is 3. The summed E-state index contributed by atoms with van der Waals surface area (Å²) < 4.78 is 0. The first kappa shape index (κ1) is 28.4. The summed E-state index contributed by atoms with van der Waals surface area (Å²) in [5.74, 6) is -1.99. The van der Waals surface area contributed by atoms with Crippen molar-refractivity contribution in [2.75, 3.05) is 13.6 Å². The Morgan fingerprint density at radius 1 is 0.884 bits per heavy atom. The van der Waals surface area contributed by atoms with Crippen molar-refractivity contribution in [3.63, 3.8) is 0 Å². The van der Waals surface area contributed by atoms with Gasteiger partial charge in [0, 0.05) is 44.2 Å². The molecule has 1 unspecified atom stereocenters. The molecule has 3 heterocycles. The number of amides is 4. The smallest absolute Gasteiger partial charge is 0.262 e. The van der Waals surface area contributed by atoms with E-state index in [4.69, 9.17) is 0 Å². The molecular formula is C34H33N5O4. The van der Waals surface area contributed by atoms with Crippen molar-refractivity contribution in [2.45, 2.75) is 44.9 Å². The molecule has 4 aromatic rings. The number of benzene rings is 3. The largest absolute Gasteiger partial charge is 0.309 e. The first-order valence-electron chi connectivity index (χ1n) is 14.5. The van der Waals surface area contributed by atoms with E-state index in [0.717, 1.165) is 41.1 Å². The number of rotatable bonds is 10. The van der Waals surface area contributed by atoms with Gasteiger partial charge in [-0.05, 0) is 60.3 Å². The standard InChI is InChI=1S/C34H33N5O4/c1-38(17-15-26-5-2-4-25-6-3-16-36-31(25)26)21-23-9-7-22(8-10-23)19-35-20-24-11-12-27-28(18-24)34(43)39(33(27)42)29-13-14-30(40)37-32(29)41/h2-12,16,18,29,35H,13-15,17,19-21H2,1H3,(H,37,40,41). The lowest BCUT2D eigenvalue weighted by atomic mass is 10.0. The Morgan fingerprint density at radius 3 is 2.42 bits per heavy atom. The van der Waals surface area contributed by atoms with Crippen LogP contribution in [0.2, 0.25) is 0 Å². The minimum Gasteiger partial charge on any atom is -0.309 e. The zero-order valence-corrected chi connectivity index (χ0v) is 24.0. The number of pyridine rings is 1. The molecule has 2 aliphatic rings. The van der Waals surface area contributed by atoms with Gasteiger partial charge in [-0.3, -0.25) is 34.4 Å². The Labute approximate surface area is 249 Å². The lowest BCUT2D eigenvalue weighted by Crippen LogP contribution is -2.54. The van der Waals surface area contributed by atoms with E-state index in [1.54, 1.807) is 12.1 Å². The topological polar surface area (TPSA) is 112 Å². The van der Waals surface area contributed by atoms with Crippen molar-refractivity contribution in [2.24, 2.45) is 0 Å². The zero-order valence-electron chi connectivity index (χ0n) is 24.0. The van der Waals surface area contributed by atoms with E-state index in [2.05, 4.69) is 76.1 Å². The van der Waals surface area contributed by atoms with Crippen LogP contribution in [0.15, 0.2) is 79.0 Å². The van der Waals surface area contributed by atoms with Gasteiger partial charge < -0.3 is 10.2 Å². The van der Waals surface area contributed by atoms with Gasteiger partial charge in [0.25, 0.3) is 11.8 Å². The summed E-state index contributed by atoms with van der Waals surface area (Å²) in [7, 11) is 2.13. The number of carbonyl (C=O) groups excluding carboxylic acids is 4. The number of hydrogen-bond acceptors (Lipinski definition) is 7. The number of para-hydroxylation sites is 1. The number of hydrogen-bond donors (Lipinski definition) is 2. The van der Waals surface area contributed by atoms with Crippen LogP contribution in [0, 0.1) is 0 Å². The first-order chi connectivity index (χ1) is 20.9. The lowest BCUT2D eigenvalue weighted by Gasteiger charge is -2.27. The number of fused-ring (bicyclic) bond motifs is 2. The van der Waals surface area contributed by atoms with Gasteiger partial charge in [-0.1, -0.05) is 54.6 Å². The van der Waals surface area contributed by atoms with Crippen molar-refractivity contribution in [3.05, 3.63) is 112 Å². The van der Waals surface area contributed by atoms with Gasteiger partial charge in [0.05, 0.1) is 16.6 Å². The number of nitrogens with one attached hydrogen (secondary N) is 2. The van der Waals surface area contributed by atoms with Crippen molar-refractivity contribution in [1.82, 2.24) is 25.4 Å². The van der Waals surface area contributed by atoms with Crippen molar-refractivity contribution in [1.29, 1.82) is 0 Å². The highest BCUT2D eigenvalue weighted by molar-refractivity contribution is 6.23. The van der Waals surface area contributed by atoms with Crippen molar-refractivity contribution in [3.8, 4) is 0 Å². The molecule has 0 spiro atoms. The number of imide groups is 2. The first-order valence-corrected chi connectivity index (χ1v) is 14.5. The van der Waals surface area contributed by atoms with E-state index < -0.39 is 23.8 Å². The fourth-order valence-corrected chi connectivity index (χ4v) is 5.81. The summed E-state index contributed by atoms with van der Waals surface area (Å²) in [5.41, 5.74) is 6.16. The molecule has 218 valence electrons. The predicted molar refractivity (Wildman–Crippen MR) is 162 cm³/mol. The molecule has 0 saturated carbocycles. The van der Waals surface area contributed by atoms with Crippen LogP contribution in [0.4, 0.5) is 0 Å². The second-order valence-electron chi connectivity index (χ2n) is 11.2. The van der Waals surface area contributed by atoms with Gasteiger partial charge in [-0.2, -0.15) is 0 Å². The quantitative estimate of drug-likeness (QED) is 0.278. The summed E-state index contributed by atoms with van der Waals surface area (Å²) in [4.78, 5) is 57.6. The molecule has 1 aromatic heterocycles. The van der Waals surface area contributed by atoms with E-state index in [1.165, 1.54) is 16.5 Å². The van der Waals surface area contributed by atoms with Crippen LogP contribution in [0.25, 0.3) is 10.9 Å². The molecule has 1 saturated heterocycles. The average molecular weight is 576 g/mol. The molecule has 6 rings (SSSR count). The van der Waals surface area contributed by atoms with Gasteiger partial charge >= 0.3 is 0 Å². The van der Waals surface area contributed by atoms with E-state index in [-0.39, 0.29) is 24.3 Å². The molecule has 2 aliphatic heterocycles. The van der Waals surface area contributed by atoms with Crippen molar-refractivity contribution >= 4 is 34.5 Å². The van der Waals surface area contributed by atoms with Crippen LogP contribution in [-0.2, 0) is 35.6 Å². The second kappa shape index (κ2) is 12.2. The van der Waals surface area contributed by atoms with Crippen molar-refractivity contribution < 1.29 is 19.2 Å². The van der Waals surface area contributed by atoms with Crippen LogP contribution in [0.1, 0.15) is 55.8 Å². The molecule has 0 bridgehead atoms. The van der Waals surface area contributed by atoms with E-state index in [1.807, 2.05) is 18.3 Å². The van der Waals surface area contributed by atoms with E-state index >= 15 is 0 Å². The molecule has 1 atom stereocenters. The summed E-state index contributed by atoms with van der Waals surface area (Å²) in [6.07, 6.45) is 3.02. The van der Waals surface area contributed by atoms with Gasteiger partial charge in [-0.15, -0.1) is 0 Å². The maximum absolute atomic E-state index is 13.1. The van der Waals surface area contributed by atoms with Gasteiger partial charge in [0.2, 0.25) is 11.8 Å². The lowest BCUT2D eigenvalue weighted by molar-refractivity contribution is -0.136. The normalized spacial score (nSPS) is 16.7. The summed E-state index contributed by atoms with van der Waals surface area (Å²) >= 11 is 0. The molecule has 2 N–H and O–H groups in total. The van der Waals surface area contributed by atoms with Gasteiger partial charge in [0.1, 0.15) is 6.04 Å². The highest BCUT2D eigenvalue weighted by Gasteiger charge is 2.44. The van der Waals surface area contributed by atoms with Crippen LogP contribution < -0.4 is 10.6 Å². The van der Waals surface area contributed by atoms with Gasteiger partial charge in [0.15, 0.2) is 0 Å².